The van der Waals surface area contributed by atoms with Crippen LogP contribution in [0.3, 0.4) is 0 Å². The maximum absolute atomic E-state index is 3.31. The average molecular weight is 345 g/mol. The lowest BCUT2D eigenvalue weighted by Crippen LogP contribution is -2.29. The van der Waals surface area contributed by atoms with E-state index >= 15 is 0 Å². The van der Waals surface area contributed by atoms with Crippen LogP contribution in [-0.4, -0.2) is 29.5 Å². The third-order valence-electron chi connectivity index (χ3n) is 5.54. The molecule has 1 aliphatic heterocycles. The summed E-state index contributed by atoms with van der Waals surface area (Å²) < 4.78 is 0. The number of H-pyrrole nitrogens is 1. The van der Waals surface area contributed by atoms with Crippen LogP contribution in [0.25, 0.3) is 16.5 Å². The minimum absolute atomic E-state index is 1.09. The van der Waals surface area contributed by atoms with E-state index in [2.05, 4.69) is 71.4 Å². The Bertz CT molecular complexity index is 903. The number of aromatic amines is 1. The first-order valence-electron chi connectivity index (χ1n) is 9.83. The van der Waals surface area contributed by atoms with Crippen LogP contribution in [0.1, 0.15) is 36.0 Å². The van der Waals surface area contributed by atoms with Gasteiger partial charge >= 0.3 is 0 Å². The van der Waals surface area contributed by atoms with Gasteiger partial charge in [-0.15, -0.1) is 0 Å². The first kappa shape index (κ1) is 17.1. The number of hydrogen-bond donors (Lipinski definition) is 1. The molecule has 0 unspecified atom stereocenters. The number of rotatable bonds is 6. The molecule has 0 radical (unpaired) electrons. The topological polar surface area (TPSA) is 19.0 Å². The molecule has 2 aromatic carbocycles. The van der Waals surface area contributed by atoms with E-state index in [9.17, 15) is 0 Å². The van der Waals surface area contributed by atoms with Crippen molar-refractivity contribution < 1.29 is 0 Å². The van der Waals surface area contributed by atoms with Crippen LogP contribution in [0.2, 0.25) is 0 Å². The summed E-state index contributed by atoms with van der Waals surface area (Å²) in [6.07, 6.45) is 9.35. The third-order valence-corrected chi connectivity index (χ3v) is 5.54. The van der Waals surface area contributed by atoms with Crippen molar-refractivity contribution in [1.82, 2.24) is 9.88 Å². The van der Waals surface area contributed by atoms with Gasteiger partial charge in [-0.3, -0.25) is 4.90 Å². The summed E-state index contributed by atoms with van der Waals surface area (Å²) >= 11 is 0. The molecule has 1 N–H and O–H groups in total. The molecule has 0 saturated carbocycles. The average Bonchev–Trinajstić information content (AvgIpc) is 3.15. The molecule has 2 heterocycles. The molecular formula is C24H28N2. The van der Waals surface area contributed by atoms with E-state index in [4.69, 9.17) is 0 Å². The van der Waals surface area contributed by atoms with Gasteiger partial charge in [-0.2, -0.15) is 0 Å². The fourth-order valence-corrected chi connectivity index (χ4v) is 4.04. The number of aryl methyl sites for hydroxylation is 2. The Morgan fingerprint density at radius 2 is 1.96 bits per heavy atom. The second-order valence-corrected chi connectivity index (χ2v) is 7.46. The second-order valence-electron chi connectivity index (χ2n) is 7.46. The molecule has 0 atom stereocenters. The summed E-state index contributed by atoms with van der Waals surface area (Å²) in [6.45, 7) is 5.66. The van der Waals surface area contributed by atoms with Gasteiger partial charge in [0.2, 0.25) is 0 Å². The van der Waals surface area contributed by atoms with Crippen LogP contribution < -0.4 is 0 Å². The van der Waals surface area contributed by atoms with Crippen molar-refractivity contribution in [3.8, 4) is 0 Å². The van der Waals surface area contributed by atoms with Crippen LogP contribution in [-0.2, 0) is 6.42 Å². The number of aromatic nitrogens is 1. The van der Waals surface area contributed by atoms with Gasteiger partial charge in [0.15, 0.2) is 0 Å². The van der Waals surface area contributed by atoms with E-state index in [0.717, 1.165) is 6.54 Å². The summed E-state index contributed by atoms with van der Waals surface area (Å²) in [4.78, 5) is 5.90. The van der Waals surface area contributed by atoms with Crippen molar-refractivity contribution in [2.75, 3.05) is 19.6 Å². The predicted octanol–water partition coefficient (Wildman–Crippen LogP) is 5.59. The second kappa shape index (κ2) is 7.92. The van der Waals surface area contributed by atoms with Crippen molar-refractivity contribution in [3.05, 3.63) is 77.5 Å². The van der Waals surface area contributed by atoms with Gasteiger partial charge in [0, 0.05) is 30.2 Å². The van der Waals surface area contributed by atoms with E-state index in [0.29, 0.717) is 0 Å². The largest absolute Gasteiger partial charge is 0.361 e. The number of hydrogen-bond acceptors (Lipinski definition) is 1. The molecule has 1 aromatic heterocycles. The van der Waals surface area contributed by atoms with E-state index in [1.165, 1.54) is 71.9 Å². The molecule has 0 spiro atoms. The molecule has 0 fully saturated rings. The van der Waals surface area contributed by atoms with Gasteiger partial charge < -0.3 is 4.98 Å². The number of unbranched alkanes of at least 4 members (excludes halogenated alkanes) is 1. The fourth-order valence-electron chi connectivity index (χ4n) is 4.04. The lowest BCUT2D eigenvalue weighted by Gasteiger charge is -2.26. The highest BCUT2D eigenvalue weighted by Crippen LogP contribution is 2.23. The molecule has 26 heavy (non-hydrogen) atoms. The lowest BCUT2D eigenvalue weighted by atomic mass is 9.98. The Kier molecular flexibility index (Phi) is 5.21. The monoisotopic (exact) mass is 344 g/mol. The molecule has 3 aromatic rings. The Hall–Kier alpha value is -2.32. The smallest absolute Gasteiger partial charge is 0.0456 e. The van der Waals surface area contributed by atoms with Crippen LogP contribution in [0.4, 0.5) is 0 Å². The molecule has 2 heteroatoms. The van der Waals surface area contributed by atoms with E-state index in [-0.39, 0.29) is 0 Å². The quantitative estimate of drug-likeness (QED) is 0.578. The number of benzene rings is 2. The van der Waals surface area contributed by atoms with Crippen LogP contribution in [0.15, 0.2) is 60.8 Å². The van der Waals surface area contributed by atoms with Gasteiger partial charge in [0.05, 0.1) is 0 Å². The number of nitrogens with one attached hydrogen (secondary N) is 1. The van der Waals surface area contributed by atoms with Gasteiger partial charge in [-0.1, -0.05) is 48.0 Å². The summed E-state index contributed by atoms with van der Waals surface area (Å²) in [6, 6.07) is 17.7. The van der Waals surface area contributed by atoms with Crippen molar-refractivity contribution in [1.29, 1.82) is 0 Å². The molecular weight excluding hydrogens is 316 g/mol. The van der Waals surface area contributed by atoms with Crippen molar-refractivity contribution in [2.24, 2.45) is 0 Å². The van der Waals surface area contributed by atoms with Gasteiger partial charge in [-0.05, 0) is 68.0 Å². The van der Waals surface area contributed by atoms with E-state index in [1.807, 2.05) is 6.20 Å². The maximum Gasteiger partial charge on any atom is 0.0456 e. The molecule has 4 rings (SSSR count). The predicted molar refractivity (Wildman–Crippen MR) is 111 cm³/mol. The molecule has 0 aliphatic carbocycles. The first-order chi connectivity index (χ1) is 12.8. The standard InChI is InChI=1S/C24H28N2/c1-19-6-4-9-22(18-19)20-12-16-26(17-13-20)15-3-2-7-21-8-5-10-24-23(21)11-14-25-24/h4-6,8-12,14,18,25H,2-3,7,13,15-17H2,1H3. The van der Waals surface area contributed by atoms with Crippen LogP contribution in [0, 0.1) is 6.92 Å². The maximum atomic E-state index is 3.31. The van der Waals surface area contributed by atoms with Gasteiger partial charge in [0.25, 0.3) is 0 Å². The first-order valence-corrected chi connectivity index (χ1v) is 9.83. The van der Waals surface area contributed by atoms with E-state index < -0.39 is 0 Å². The molecule has 1 aliphatic rings. The third kappa shape index (κ3) is 3.91. The highest BCUT2D eigenvalue weighted by atomic mass is 15.1. The van der Waals surface area contributed by atoms with Gasteiger partial charge in [0.1, 0.15) is 0 Å². The zero-order chi connectivity index (χ0) is 17.8. The molecule has 134 valence electrons. The molecule has 0 amide bonds. The summed E-state index contributed by atoms with van der Waals surface area (Å²) in [5.74, 6) is 0. The molecule has 0 saturated heterocycles. The Balaban J connectivity index is 1.26. The minimum atomic E-state index is 1.09. The van der Waals surface area contributed by atoms with Crippen molar-refractivity contribution in [2.45, 2.75) is 32.6 Å². The Labute approximate surface area is 156 Å². The molecule has 0 bridgehead atoms. The Morgan fingerprint density at radius 1 is 1.04 bits per heavy atom. The zero-order valence-corrected chi connectivity index (χ0v) is 15.7. The minimum Gasteiger partial charge on any atom is -0.361 e. The van der Waals surface area contributed by atoms with Gasteiger partial charge in [-0.25, -0.2) is 0 Å². The summed E-state index contributed by atoms with van der Waals surface area (Å²) in [5.41, 5.74) is 7.01. The van der Waals surface area contributed by atoms with Crippen molar-refractivity contribution >= 4 is 16.5 Å². The number of nitrogens with zero attached hydrogens (tertiary/aromatic N) is 1. The SMILES string of the molecule is Cc1cccc(C2=CCN(CCCCc3cccc4[nH]ccc34)CC2)c1. The normalized spacial score (nSPS) is 15.3. The fraction of sp³-hybridized carbons (Fsp3) is 0.333. The summed E-state index contributed by atoms with van der Waals surface area (Å²) in [7, 11) is 0. The van der Waals surface area contributed by atoms with Crippen molar-refractivity contribution in [3.63, 3.8) is 0 Å². The molecule has 2 nitrogen and oxygen atoms in total. The lowest BCUT2D eigenvalue weighted by molar-refractivity contribution is 0.295. The number of fused-ring (bicyclic) bond motifs is 1. The van der Waals surface area contributed by atoms with E-state index in [1.54, 1.807) is 0 Å². The Morgan fingerprint density at radius 3 is 2.81 bits per heavy atom. The van der Waals surface area contributed by atoms with Crippen LogP contribution >= 0.6 is 0 Å². The highest BCUT2D eigenvalue weighted by molar-refractivity contribution is 5.82. The highest BCUT2D eigenvalue weighted by Gasteiger charge is 2.12. The zero-order valence-electron chi connectivity index (χ0n) is 15.7. The van der Waals surface area contributed by atoms with Crippen LogP contribution in [0.5, 0.6) is 0 Å². The summed E-state index contributed by atoms with van der Waals surface area (Å²) in [5, 5.41) is 1.39.